The van der Waals surface area contributed by atoms with Crippen LogP contribution >= 0.6 is 0 Å². The van der Waals surface area contributed by atoms with Gasteiger partial charge in [-0.15, -0.1) is 0 Å². The van der Waals surface area contributed by atoms with Gasteiger partial charge in [-0.25, -0.2) is 0 Å². The van der Waals surface area contributed by atoms with Gasteiger partial charge >= 0.3 is 0 Å². The maximum atomic E-state index is 12.6. The number of benzene rings is 2. The SMILES string of the molecule is C=CCOc1ccc(C(=O)N(C)Cc2nc(-c3ccc(OC)cc3)no2)cc1. The summed E-state index contributed by atoms with van der Waals surface area (Å²) in [5.41, 5.74) is 1.35. The Balaban J connectivity index is 1.63. The van der Waals surface area contributed by atoms with Gasteiger partial charge in [0.15, 0.2) is 0 Å². The first-order valence-electron chi connectivity index (χ1n) is 8.67. The van der Waals surface area contributed by atoms with Gasteiger partial charge in [0.2, 0.25) is 11.7 Å². The Hall–Kier alpha value is -3.61. The normalized spacial score (nSPS) is 10.4. The summed E-state index contributed by atoms with van der Waals surface area (Å²) in [6.07, 6.45) is 1.66. The van der Waals surface area contributed by atoms with E-state index in [2.05, 4.69) is 16.7 Å². The monoisotopic (exact) mass is 379 g/mol. The van der Waals surface area contributed by atoms with E-state index in [1.165, 1.54) is 4.90 Å². The van der Waals surface area contributed by atoms with Gasteiger partial charge in [-0.2, -0.15) is 4.98 Å². The standard InChI is InChI=1S/C21H21N3O4/c1-4-13-27-18-11-7-16(8-12-18)21(25)24(2)14-19-22-20(23-28-19)15-5-9-17(26-3)10-6-15/h4-12H,1,13-14H2,2-3H3. The van der Waals surface area contributed by atoms with Gasteiger partial charge in [0.05, 0.1) is 13.7 Å². The number of carbonyl (C=O) groups excluding carboxylic acids is 1. The van der Waals surface area contributed by atoms with Gasteiger partial charge in [-0.05, 0) is 48.5 Å². The van der Waals surface area contributed by atoms with E-state index in [0.717, 1.165) is 11.3 Å². The van der Waals surface area contributed by atoms with Crippen molar-refractivity contribution >= 4 is 5.91 Å². The highest BCUT2D eigenvalue weighted by Crippen LogP contribution is 2.20. The predicted octanol–water partition coefficient (Wildman–Crippen LogP) is 3.58. The zero-order valence-electron chi connectivity index (χ0n) is 15.8. The Bertz CT molecular complexity index is 933. The summed E-state index contributed by atoms with van der Waals surface area (Å²) >= 11 is 0. The lowest BCUT2D eigenvalue weighted by molar-refractivity contribution is 0.0769. The van der Waals surface area contributed by atoms with Crippen molar-refractivity contribution in [2.75, 3.05) is 20.8 Å². The molecule has 1 aromatic heterocycles. The average Bonchev–Trinajstić information content (AvgIpc) is 3.20. The molecule has 3 rings (SSSR count). The van der Waals surface area contributed by atoms with Gasteiger partial charge in [0, 0.05) is 18.2 Å². The van der Waals surface area contributed by atoms with E-state index in [0.29, 0.717) is 29.6 Å². The first-order chi connectivity index (χ1) is 13.6. The lowest BCUT2D eigenvalue weighted by atomic mass is 10.2. The Morgan fingerprint density at radius 2 is 1.82 bits per heavy atom. The zero-order chi connectivity index (χ0) is 19.9. The zero-order valence-corrected chi connectivity index (χ0v) is 15.8. The molecule has 144 valence electrons. The second-order valence-electron chi connectivity index (χ2n) is 6.03. The number of methoxy groups -OCH3 is 1. The molecule has 0 spiro atoms. The first-order valence-corrected chi connectivity index (χ1v) is 8.67. The van der Waals surface area contributed by atoms with Crippen molar-refractivity contribution in [3.8, 4) is 22.9 Å². The molecule has 0 aliphatic rings. The topological polar surface area (TPSA) is 77.7 Å². The molecule has 0 bridgehead atoms. The largest absolute Gasteiger partial charge is 0.497 e. The van der Waals surface area contributed by atoms with Crippen molar-refractivity contribution in [1.82, 2.24) is 15.0 Å². The lowest BCUT2D eigenvalue weighted by Crippen LogP contribution is -2.26. The molecule has 7 nitrogen and oxygen atoms in total. The van der Waals surface area contributed by atoms with Crippen LogP contribution in [0.3, 0.4) is 0 Å². The predicted molar refractivity (Wildman–Crippen MR) is 104 cm³/mol. The summed E-state index contributed by atoms with van der Waals surface area (Å²) in [5.74, 6) is 2.09. The number of aromatic nitrogens is 2. The Kier molecular flexibility index (Phi) is 6.06. The summed E-state index contributed by atoms with van der Waals surface area (Å²) in [6.45, 7) is 4.22. The minimum Gasteiger partial charge on any atom is -0.497 e. The molecule has 0 atom stereocenters. The molecule has 3 aromatic rings. The van der Waals surface area contributed by atoms with Crippen LogP contribution in [0.4, 0.5) is 0 Å². The van der Waals surface area contributed by atoms with Crippen molar-refractivity contribution in [2.45, 2.75) is 6.54 Å². The quantitative estimate of drug-likeness (QED) is 0.557. The highest BCUT2D eigenvalue weighted by atomic mass is 16.5. The fraction of sp³-hybridized carbons (Fsp3) is 0.190. The van der Waals surface area contributed by atoms with Crippen LogP contribution in [0.2, 0.25) is 0 Å². The molecular formula is C21H21N3O4. The number of rotatable bonds is 8. The molecule has 2 aromatic carbocycles. The number of amides is 1. The Morgan fingerprint density at radius 1 is 1.14 bits per heavy atom. The summed E-state index contributed by atoms with van der Waals surface area (Å²) in [5, 5.41) is 3.98. The second kappa shape index (κ2) is 8.85. The molecule has 0 saturated heterocycles. The molecule has 0 unspecified atom stereocenters. The minimum absolute atomic E-state index is 0.153. The molecule has 1 amide bonds. The van der Waals surface area contributed by atoms with Crippen molar-refractivity contribution in [3.63, 3.8) is 0 Å². The summed E-state index contributed by atoms with van der Waals surface area (Å²) in [6, 6.07) is 14.3. The summed E-state index contributed by atoms with van der Waals surface area (Å²) in [4.78, 5) is 18.5. The van der Waals surface area contributed by atoms with E-state index in [9.17, 15) is 4.79 Å². The average molecular weight is 379 g/mol. The smallest absolute Gasteiger partial charge is 0.254 e. The van der Waals surface area contributed by atoms with Gasteiger partial charge in [-0.3, -0.25) is 4.79 Å². The molecular weight excluding hydrogens is 358 g/mol. The molecule has 0 aliphatic carbocycles. The Morgan fingerprint density at radius 3 is 2.46 bits per heavy atom. The molecule has 0 fully saturated rings. The fourth-order valence-corrected chi connectivity index (χ4v) is 2.52. The first kappa shape index (κ1) is 19.2. The van der Waals surface area contributed by atoms with Gasteiger partial charge < -0.3 is 18.9 Å². The fourth-order valence-electron chi connectivity index (χ4n) is 2.52. The maximum Gasteiger partial charge on any atom is 0.254 e. The van der Waals surface area contributed by atoms with Crippen LogP contribution in [-0.4, -0.2) is 41.7 Å². The number of nitrogens with zero attached hydrogens (tertiary/aromatic N) is 3. The minimum atomic E-state index is -0.153. The molecule has 0 radical (unpaired) electrons. The maximum absolute atomic E-state index is 12.6. The number of carbonyl (C=O) groups is 1. The molecule has 7 heteroatoms. The van der Waals surface area contributed by atoms with Crippen LogP contribution in [0.25, 0.3) is 11.4 Å². The number of hydrogen-bond donors (Lipinski definition) is 0. The van der Waals surface area contributed by atoms with E-state index in [1.54, 1.807) is 44.5 Å². The van der Waals surface area contributed by atoms with Crippen LogP contribution in [0.1, 0.15) is 16.2 Å². The van der Waals surface area contributed by atoms with Crippen LogP contribution in [0, 0.1) is 0 Å². The third-order valence-corrected chi connectivity index (χ3v) is 4.00. The lowest BCUT2D eigenvalue weighted by Gasteiger charge is -2.15. The van der Waals surface area contributed by atoms with Gasteiger partial charge in [-0.1, -0.05) is 17.8 Å². The van der Waals surface area contributed by atoms with E-state index in [1.807, 2.05) is 24.3 Å². The highest BCUT2D eigenvalue weighted by molar-refractivity contribution is 5.94. The van der Waals surface area contributed by atoms with Crippen molar-refractivity contribution in [1.29, 1.82) is 0 Å². The molecule has 28 heavy (non-hydrogen) atoms. The van der Waals surface area contributed by atoms with E-state index in [4.69, 9.17) is 14.0 Å². The van der Waals surface area contributed by atoms with Crippen LogP contribution < -0.4 is 9.47 Å². The van der Waals surface area contributed by atoms with E-state index in [-0.39, 0.29) is 12.5 Å². The number of hydrogen-bond acceptors (Lipinski definition) is 6. The Labute approximate surface area is 163 Å². The highest BCUT2D eigenvalue weighted by Gasteiger charge is 2.16. The molecule has 0 saturated carbocycles. The van der Waals surface area contributed by atoms with Crippen LogP contribution in [0.5, 0.6) is 11.5 Å². The van der Waals surface area contributed by atoms with E-state index >= 15 is 0 Å². The van der Waals surface area contributed by atoms with Crippen molar-refractivity contribution < 1.29 is 18.8 Å². The van der Waals surface area contributed by atoms with Crippen molar-refractivity contribution in [2.24, 2.45) is 0 Å². The van der Waals surface area contributed by atoms with Crippen molar-refractivity contribution in [3.05, 3.63) is 72.6 Å². The van der Waals surface area contributed by atoms with Crippen LogP contribution in [-0.2, 0) is 6.54 Å². The number of ether oxygens (including phenoxy) is 2. The third kappa shape index (κ3) is 4.56. The van der Waals surface area contributed by atoms with Crippen LogP contribution in [0.15, 0.2) is 65.7 Å². The third-order valence-electron chi connectivity index (χ3n) is 4.00. The molecule has 0 aliphatic heterocycles. The summed E-state index contributed by atoms with van der Waals surface area (Å²) < 4.78 is 15.8. The summed E-state index contributed by atoms with van der Waals surface area (Å²) in [7, 11) is 3.29. The second-order valence-corrected chi connectivity index (χ2v) is 6.03. The van der Waals surface area contributed by atoms with Gasteiger partial charge in [0.25, 0.3) is 5.91 Å². The van der Waals surface area contributed by atoms with Gasteiger partial charge in [0.1, 0.15) is 18.1 Å². The molecule has 0 N–H and O–H groups in total. The van der Waals surface area contributed by atoms with E-state index < -0.39 is 0 Å². The molecule has 1 heterocycles.